The molecule has 0 aliphatic carbocycles. The standard InChI is InChI=1S/C11H18N4.C2H6/c1-14-5-7-15(8-6-14)10-4-2-3-9(12)11(10)13;1-2/h2-4H,5-8,12-13H2,1H3;1-2H3. The van der Waals surface area contributed by atoms with Crippen LogP contribution in [0, 0.1) is 0 Å². The van der Waals surface area contributed by atoms with Crippen LogP contribution >= 0.6 is 0 Å². The topological polar surface area (TPSA) is 58.5 Å². The lowest BCUT2D eigenvalue weighted by molar-refractivity contribution is 0.313. The third kappa shape index (κ3) is 3.27. The Morgan fingerprint density at radius 2 is 1.59 bits per heavy atom. The minimum atomic E-state index is 0.673. The van der Waals surface area contributed by atoms with Crippen LogP contribution in [0.1, 0.15) is 13.8 Å². The Kier molecular flexibility index (Phi) is 5.10. The van der Waals surface area contributed by atoms with Gasteiger partial charge in [-0.15, -0.1) is 0 Å². The predicted molar refractivity (Wildman–Crippen MR) is 76.3 cm³/mol. The second-order valence-electron chi connectivity index (χ2n) is 4.07. The first-order valence-corrected chi connectivity index (χ1v) is 6.26. The van der Waals surface area contributed by atoms with Crippen LogP contribution in [-0.2, 0) is 0 Å². The molecule has 0 aromatic heterocycles. The maximum absolute atomic E-state index is 5.97. The van der Waals surface area contributed by atoms with Crippen molar-refractivity contribution in [1.29, 1.82) is 0 Å². The second kappa shape index (κ2) is 6.35. The van der Waals surface area contributed by atoms with E-state index in [1.54, 1.807) is 0 Å². The van der Waals surface area contributed by atoms with Crippen molar-refractivity contribution in [1.82, 2.24) is 4.90 Å². The number of likely N-dealkylation sites (N-methyl/N-ethyl adjacent to an activating group) is 1. The average Bonchev–Trinajstić information content (AvgIpc) is 2.37. The number of nitrogens with zero attached hydrogens (tertiary/aromatic N) is 2. The Balaban J connectivity index is 0.000000686. The van der Waals surface area contributed by atoms with E-state index in [1.165, 1.54) is 0 Å². The third-order valence-electron chi connectivity index (χ3n) is 2.96. The maximum atomic E-state index is 5.97. The molecule has 1 saturated heterocycles. The van der Waals surface area contributed by atoms with Gasteiger partial charge < -0.3 is 21.3 Å². The van der Waals surface area contributed by atoms with Gasteiger partial charge in [0.15, 0.2) is 0 Å². The van der Waals surface area contributed by atoms with E-state index in [4.69, 9.17) is 11.5 Å². The molecule has 4 heteroatoms. The molecular formula is C13H24N4. The summed E-state index contributed by atoms with van der Waals surface area (Å²) < 4.78 is 0. The highest BCUT2D eigenvalue weighted by atomic mass is 15.3. The molecule has 1 heterocycles. The fraction of sp³-hybridized carbons (Fsp3) is 0.538. The second-order valence-corrected chi connectivity index (χ2v) is 4.07. The lowest BCUT2D eigenvalue weighted by Gasteiger charge is -2.34. The molecule has 1 aromatic rings. The van der Waals surface area contributed by atoms with Crippen molar-refractivity contribution in [3.05, 3.63) is 18.2 Å². The van der Waals surface area contributed by atoms with Gasteiger partial charge in [-0.3, -0.25) is 0 Å². The first-order chi connectivity index (χ1) is 8.18. The zero-order chi connectivity index (χ0) is 12.8. The monoisotopic (exact) mass is 236 g/mol. The summed E-state index contributed by atoms with van der Waals surface area (Å²) in [7, 11) is 2.14. The SMILES string of the molecule is CC.CN1CCN(c2cccc(N)c2N)CC1. The normalized spacial score (nSPS) is 16.3. The fourth-order valence-electron chi connectivity index (χ4n) is 1.89. The molecule has 0 unspecified atom stereocenters. The average molecular weight is 236 g/mol. The van der Waals surface area contributed by atoms with Crippen LogP contribution in [0.25, 0.3) is 0 Å². The van der Waals surface area contributed by atoms with Crippen LogP contribution < -0.4 is 16.4 Å². The van der Waals surface area contributed by atoms with Crippen molar-refractivity contribution in [2.24, 2.45) is 0 Å². The number of nitrogen functional groups attached to an aromatic ring is 2. The molecule has 0 atom stereocenters. The summed E-state index contributed by atoms with van der Waals surface area (Å²) in [5, 5.41) is 0. The smallest absolute Gasteiger partial charge is 0.0785 e. The van der Waals surface area contributed by atoms with Gasteiger partial charge >= 0.3 is 0 Å². The minimum Gasteiger partial charge on any atom is -0.397 e. The molecule has 4 nitrogen and oxygen atoms in total. The maximum Gasteiger partial charge on any atom is 0.0785 e. The quantitative estimate of drug-likeness (QED) is 0.728. The van der Waals surface area contributed by atoms with Gasteiger partial charge in [-0.1, -0.05) is 19.9 Å². The van der Waals surface area contributed by atoms with Crippen molar-refractivity contribution in [2.75, 3.05) is 49.6 Å². The van der Waals surface area contributed by atoms with Gasteiger partial charge in [0.05, 0.1) is 17.1 Å². The molecule has 0 spiro atoms. The van der Waals surface area contributed by atoms with Crippen LogP contribution in [-0.4, -0.2) is 38.1 Å². The zero-order valence-electron chi connectivity index (χ0n) is 11.1. The molecule has 1 fully saturated rings. The number of nitrogens with two attached hydrogens (primary N) is 2. The van der Waals surface area contributed by atoms with E-state index >= 15 is 0 Å². The zero-order valence-corrected chi connectivity index (χ0v) is 11.1. The number of anilines is 3. The summed E-state index contributed by atoms with van der Waals surface area (Å²) in [6.07, 6.45) is 0. The molecule has 1 aliphatic heterocycles. The summed E-state index contributed by atoms with van der Waals surface area (Å²) >= 11 is 0. The summed E-state index contributed by atoms with van der Waals surface area (Å²) in [6.45, 7) is 8.19. The molecule has 1 aliphatic rings. The summed E-state index contributed by atoms with van der Waals surface area (Å²) in [6, 6.07) is 5.84. The van der Waals surface area contributed by atoms with E-state index in [9.17, 15) is 0 Å². The van der Waals surface area contributed by atoms with E-state index in [0.717, 1.165) is 31.9 Å². The number of hydrogen-bond donors (Lipinski definition) is 2. The number of para-hydroxylation sites is 1. The Hall–Kier alpha value is -1.42. The Labute approximate surface area is 104 Å². The molecule has 17 heavy (non-hydrogen) atoms. The Morgan fingerprint density at radius 1 is 1.00 bits per heavy atom. The molecule has 1 aromatic carbocycles. The van der Waals surface area contributed by atoms with Gasteiger partial charge in [-0.2, -0.15) is 0 Å². The highest BCUT2D eigenvalue weighted by molar-refractivity contribution is 5.79. The van der Waals surface area contributed by atoms with Crippen LogP contribution in [0.3, 0.4) is 0 Å². The number of hydrogen-bond acceptors (Lipinski definition) is 4. The van der Waals surface area contributed by atoms with Crippen molar-refractivity contribution < 1.29 is 0 Å². The highest BCUT2D eigenvalue weighted by Crippen LogP contribution is 2.28. The Morgan fingerprint density at radius 3 is 2.18 bits per heavy atom. The molecule has 0 radical (unpaired) electrons. The Bertz CT molecular complexity index is 343. The molecular weight excluding hydrogens is 212 g/mol. The molecule has 0 bridgehead atoms. The number of benzene rings is 1. The number of rotatable bonds is 1. The molecule has 2 rings (SSSR count). The van der Waals surface area contributed by atoms with Gasteiger partial charge in [0, 0.05) is 26.2 Å². The van der Waals surface area contributed by atoms with Crippen LogP contribution in [0.4, 0.5) is 17.1 Å². The van der Waals surface area contributed by atoms with E-state index in [1.807, 2.05) is 32.0 Å². The van der Waals surface area contributed by atoms with Crippen LogP contribution in [0.5, 0.6) is 0 Å². The fourth-order valence-corrected chi connectivity index (χ4v) is 1.89. The molecule has 4 N–H and O–H groups in total. The highest BCUT2D eigenvalue weighted by Gasteiger charge is 2.16. The third-order valence-corrected chi connectivity index (χ3v) is 2.96. The van der Waals surface area contributed by atoms with Gasteiger partial charge in [0.2, 0.25) is 0 Å². The van der Waals surface area contributed by atoms with Gasteiger partial charge in [0.25, 0.3) is 0 Å². The largest absolute Gasteiger partial charge is 0.397 e. The van der Waals surface area contributed by atoms with Crippen LogP contribution in [0.2, 0.25) is 0 Å². The lowest BCUT2D eigenvalue weighted by Crippen LogP contribution is -2.44. The predicted octanol–water partition coefficient (Wildman–Crippen LogP) is 1.63. The summed E-state index contributed by atoms with van der Waals surface area (Å²) in [4.78, 5) is 4.62. The van der Waals surface area contributed by atoms with E-state index < -0.39 is 0 Å². The van der Waals surface area contributed by atoms with Gasteiger partial charge in [-0.05, 0) is 19.2 Å². The van der Waals surface area contributed by atoms with Crippen molar-refractivity contribution in [3.8, 4) is 0 Å². The van der Waals surface area contributed by atoms with Crippen molar-refractivity contribution in [3.63, 3.8) is 0 Å². The van der Waals surface area contributed by atoms with E-state index in [-0.39, 0.29) is 0 Å². The van der Waals surface area contributed by atoms with Crippen LogP contribution in [0.15, 0.2) is 18.2 Å². The van der Waals surface area contributed by atoms with Gasteiger partial charge in [-0.25, -0.2) is 0 Å². The molecule has 0 saturated carbocycles. The van der Waals surface area contributed by atoms with Crippen molar-refractivity contribution in [2.45, 2.75) is 13.8 Å². The summed E-state index contributed by atoms with van der Waals surface area (Å²) in [5.74, 6) is 0. The van der Waals surface area contributed by atoms with Gasteiger partial charge in [0.1, 0.15) is 0 Å². The molecule has 0 amide bonds. The van der Waals surface area contributed by atoms with E-state index in [0.29, 0.717) is 11.4 Å². The minimum absolute atomic E-state index is 0.673. The molecule has 96 valence electrons. The first-order valence-electron chi connectivity index (χ1n) is 6.26. The first kappa shape index (κ1) is 13.6. The lowest BCUT2D eigenvalue weighted by atomic mass is 10.2. The number of piperazine rings is 1. The summed E-state index contributed by atoms with van der Waals surface area (Å²) in [5.41, 5.74) is 14.2. The van der Waals surface area contributed by atoms with E-state index in [2.05, 4.69) is 16.8 Å². The van der Waals surface area contributed by atoms with Crippen molar-refractivity contribution >= 4 is 17.1 Å².